The first-order valence-electron chi connectivity index (χ1n) is 14.3. The first-order chi connectivity index (χ1) is 22.4. The van der Waals surface area contributed by atoms with Crippen LogP contribution < -0.4 is 41.9 Å². The van der Waals surface area contributed by atoms with Crippen molar-refractivity contribution in [3.05, 3.63) is 145 Å². The number of carbonyl (C=O) groups is 1. The Hall–Kier alpha value is -6.61. The Labute approximate surface area is 265 Å². The molecule has 6 aromatic rings. The summed E-state index contributed by atoms with van der Waals surface area (Å²) in [4.78, 5) is 14.6. The number of rotatable bonds is 10. The van der Waals surface area contributed by atoms with Crippen molar-refractivity contribution in [1.82, 2.24) is 0 Å². The lowest BCUT2D eigenvalue weighted by Gasteiger charge is -2.19. The van der Waals surface area contributed by atoms with Crippen LogP contribution in [0.4, 0.5) is 22.7 Å². The lowest BCUT2D eigenvalue weighted by molar-refractivity contribution is 0.103. The number of anilines is 4. The van der Waals surface area contributed by atoms with E-state index in [0.717, 1.165) is 0 Å². The van der Waals surface area contributed by atoms with E-state index in [4.69, 9.17) is 41.9 Å². The third kappa shape index (κ3) is 6.20. The molecule has 0 heterocycles. The molecule has 228 valence electrons. The van der Waals surface area contributed by atoms with Crippen LogP contribution in [0.15, 0.2) is 133 Å². The van der Waals surface area contributed by atoms with Gasteiger partial charge in [0.1, 0.15) is 0 Å². The van der Waals surface area contributed by atoms with Gasteiger partial charge >= 0.3 is 0 Å². The quantitative estimate of drug-likeness (QED) is 0.0882. The fourth-order valence-electron chi connectivity index (χ4n) is 4.66. The van der Waals surface area contributed by atoms with Crippen molar-refractivity contribution in [2.75, 3.05) is 22.9 Å². The first kappa shape index (κ1) is 29.5. The summed E-state index contributed by atoms with van der Waals surface area (Å²) in [6.45, 7) is 0. The van der Waals surface area contributed by atoms with Gasteiger partial charge in [-0.1, -0.05) is 60.7 Å². The number of carbonyl (C=O) groups excluding carboxylic acids is 1. The molecule has 0 aliphatic rings. The van der Waals surface area contributed by atoms with Crippen molar-refractivity contribution in [2.45, 2.75) is 0 Å². The summed E-state index contributed by atoms with van der Waals surface area (Å²) in [7, 11) is 0. The number of hydrogen-bond acceptors (Lipinski definition) is 9. The molecule has 6 aromatic carbocycles. The lowest BCUT2D eigenvalue weighted by atomic mass is 10.0. The second kappa shape index (κ2) is 12.9. The molecule has 0 spiro atoms. The largest absolute Gasteiger partial charge is 0.451 e. The molecule has 0 saturated carbocycles. The topological polar surface area (TPSA) is 158 Å². The third-order valence-electron chi connectivity index (χ3n) is 6.99. The summed E-state index contributed by atoms with van der Waals surface area (Å²) < 4.78 is 25.1. The number of nitrogens with two attached hydrogens (primary N) is 4. The average Bonchev–Trinajstić information content (AvgIpc) is 3.06. The molecule has 0 amide bonds. The molecule has 0 aromatic heterocycles. The minimum atomic E-state index is -0.452. The SMILES string of the molecule is Nc1ccccc1Oc1cccc(C(=O)c2cccc(Oc3ccccc3N)c2Oc2ccccc2N)c1Oc1ccccc1N. The van der Waals surface area contributed by atoms with Crippen LogP contribution in [0.25, 0.3) is 0 Å². The van der Waals surface area contributed by atoms with Gasteiger partial charge < -0.3 is 41.9 Å². The van der Waals surface area contributed by atoms with Crippen LogP contribution in [-0.2, 0) is 0 Å². The van der Waals surface area contributed by atoms with E-state index in [-0.39, 0.29) is 34.1 Å². The van der Waals surface area contributed by atoms with E-state index in [1.807, 2.05) is 0 Å². The Morgan fingerprint density at radius 3 is 0.957 bits per heavy atom. The van der Waals surface area contributed by atoms with Crippen molar-refractivity contribution in [2.24, 2.45) is 0 Å². The number of benzene rings is 6. The van der Waals surface area contributed by atoms with Gasteiger partial charge in [-0.05, 0) is 72.8 Å². The zero-order valence-corrected chi connectivity index (χ0v) is 24.6. The molecule has 9 nitrogen and oxygen atoms in total. The van der Waals surface area contributed by atoms with Crippen molar-refractivity contribution < 1.29 is 23.7 Å². The van der Waals surface area contributed by atoms with E-state index in [9.17, 15) is 4.79 Å². The second-order valence-electron chi connectivity index (χ2n) is 10.2. The number of ether oxygens (including phenoxy) is 4. The molecule has 0 bridgehead atoms. The van der Waals surface area contributed by atoms with Gasteiger partial charge in [0.15, 0.2) is 46.0 Å². The molecule has 0 saturated heterocycles. The van der Waals surface area contributed by atoms with Crippen molar-refractivity contribution in [3.8, 4) is 46.0 Å². The maximum absolute atomic E-state index is 14.6. The number of nitrogen functional groups attached to an aromatic ring is 4. The fraction of sp³-hybridized carbons (Fsp3) is 0. The Kier molecular flexibility index (Phi) is 8.29. The molecule has 0 unspecified atom stereocenters. The van der Waals surface area contributed by atoms with Crippen molar-refractivity contribution >= 4 is 28.5 Å². The predicted molar refractivity (Wildman–Crippen MR) is 180 cm³/mol. The molecule has 0 fully saturated rings. The molecule has 6 rings (SSSR count). The molecule has 0 aliphatic carbocycles. The van der Waals surface area contributed by atoms with Crippen LogP contribution in [0.2, 0.25) is 0 Å². The highest BCUT2D eigenvalue weighted by molar-refractivity contribution is 6.13. The van der Waals surface area contributed by atoms with Gasteiger partial charge in [-0.2, -0.15) is 0 Å². The zero-order valence-electron chi connectivity index (χ0n) is 24.6. The maximum atomic E-state index is 14.6. The molecule has 0 radical (unpaired) electrons. The van der Waals surface area contributed by atoms with Gasteiger partial charge in [-0.3, -0.25) is 4.79 Å². The van der Waals surface area contributed by atoms with Gasteiger partial charge in [-0.25, -0.2) is 0 Å². The van der Waals surface area contributed by atoms with Crippen LogP contribution in [0.3, 0.4) is 0 Å². The van der Waals surface area contributed by atoms with E-state index in [2.05, 4.69) is 0 Å². The second-order valence-corrected chi connectivity index (χ2v) is 10.2. The lowest BCUT2D eigenvalue weighted by Crippen LogP contribution is -2.08. The van der Waals surface area contributed by atoms with E-state index in [0.29, 0.717) is 45.7 Å². The molecule has 8 N–H and O–H groups in total. The number of hydrogen-bond donors (Lipinski definition) is 4. The molecule has 0 aliphatic heterocycles. The van der Waals surface area contributed by atoms with E-state index in [1.54, 1.807) is 133 Å². The molecular formula is C37H30N4O5. The van der Waals surface area contributed by atoms with E-state index >= 15 is 0 Å². The summed E-state index contributed by atoms with van der Waals surface area (Å²) in [5.74, 6) is 1.71. The summed E-state index contributed by atoms with van der Waals surface area (Å²) in [5.41, 5.74) is 26.7. The Morgan fingerprint density at radius 2 is 0.630 bits per heavy atom. The Balaban J connectivity index is 1.50. The Morgan fingerprint density at radius 1 is 0.348 bits per heavy atom. The highest BCUT2D eigenvalue weighted by Crippen LogP contribution is 2.45. The maximum Gasteiger partial charge on any atom is 0.200 e. The van der Waals surface area contributed by atoms with Crippen molar-refractivity contribution in [1.29, 1.82) is 0 Å². The van der Waals surface area contributed by atoms with Gasteiger partial charge in [0.2, 0.25) is 5.78 Å². The first-order valence-corrected chi connectivity index (χ1v) is 14.3. The monoisotopic (exact) mass is 610 g/mol. The van der Waals surface area contributed by atoms with Crippen LogP contribution in [-0.4, -0.2) is 5.78 Å². The third-order valence-corrected chi connectivity index (χ3v) is 6.99. The summed E-state index contributed by atoms with van der Waals surface area (Å²) in [6.07, 6.45) is 0. The van der Waals surface area contributed by atoms with Gasteiger partial charge in [0.05, 0.1) is 33.9 Å². The molecule has 0 atom stereocenters. The molecular weight excluding hydrogens is 580 g/mol. The van der Waals surface area contributed by atoms with Gasteiger partial charge in [-0.15, -0.1) is 0 Å². The highest BCUT2D eigenvalue weighted by Gasteiger charge is 2.26. The standard InChI is InChI=1S/C37H30N4O5/c38-25-13-1-5-17-29(25)43-33-21-9-11-23(36(33)45-31-19-7-3-15-27(31)40)35(42)24-12-10-22-34(44-30-18-6-2-14-26(30)39)37(24)46-32-20-8-4-16-28(32)41/h1-22H,38-41H2. The average molecular weight is 611 g/mol. The van der Waals surface area contributed by atoms with Crippen LogP contribution in [0.5, 0.6) is 46.0 Å². The zero-order chi connectivity index (χ0) is 32.0. The molecule has 9 heteroatoms. The van der Waals surface area contributed by atoms with Crippen molar-refractivity contribution in [3.63, 3.8) is 0 Å². The number of ketones is 1. The predicted octanol–water partition coefficient (Wildman–Crippen LogP) is 8.42. The van der Waals surface area contributed by atoms with E-state index < -0.39 is 5.78 Å². The van der Waals surface area contributed by atoms with Crippen LogP contribution in [0.1, 0.15) is 15.9 Å². The van der Waals surface area contributed by atoms with Gasteiger partial charge in [0, 0.05) is 0 Å². The minimum Gasteiger partial charge on any atom is -0.451 e. The van der Waals surface area contributed by atoms with E-state index in [1.165, 1.54) is 0 Å². The summed E-state index contributed by atoms with van der Waals surface area (Å²) in [5, 5.41) is 0. The highest BCUT2D eigenvalue weighted by atomic mass is 16.5. The molecule has 46 heavy (non-hydrogen) atoms. The minimum absolute atomic E-state index is 0.123. The van der Waals surface area contributed by atoms with Crippen LogP contribution in [0, 0.1) is 0 Å². The fourth-order valence-corrected chi connectivity index (χ4v) is 4.66. The van der Waals surface area contributed by atoms with Gasteiger partial charge in [0.25, 0.3) is 0 Å². The normalized spacial score (nSPS) is 10.6. The Bertz CT molecular complexity index is 1900. The summed E-state index contributed by atoms with van der Waals surface area (Å²) in [6, 6.07) is 37.9. The smallest absolute Gasteiger partial charge is 0.200 e. The van der Waals surface area contributed by atoms with Crippen LogP contribution >= 0.6 is 0 Å². The summed E-state index contributed by atoms with van der Waals surface area (Å²) >= 11 is 0. The number of para-hydroxylation sites is 10.